The smallest absolute Gasteiger partial charge is 0.227 e. The number of fused-ring (bicyclic) bond motifs is 2. The lowest BCUT2D eigenvalue weighted by Crippen LogP contribution is -2.43. The number of piperazine rings is 1. The number of hydrogen-bond acceptors (Lipinski definition) is 10. The molecule has 10 nitrogen and oxygen atoms in total. The summed E-state index contributed by atoms with van der Waals surface area (Å²) in [6, 6.07) is 5.24. The molecule has 5 heterocycles. The van der Waals surface area contributed by atoms with Crippen molar-refractivity contribution in [1.82, 2.24) is 25.3 Å². The molecule has 0 radical (unpaired) electrons. The molecule has 0 bridgehead atoms. The number of nitrogens with one attached hydrogen (secondary N) is 2. The Labute approximate surface area is 206 Å². The molecule has 0 spiro atoms. The summed E-state index contributed by atoms with van der Waals surface area (Å²) < 4.78 is 6.09. The van der Waals surface area contributed by atoms with Crippen LogP contribution < -0.4 is 21.0 Å². The largest absolute Gasteiger partial charge is 0.439 e. The van der Waals surface area contributed by atoms with Crippen molar-refractivity contribution >= 4 is 40.5 Å². The second-order valence-corrected chi connectivity index (χ2v) is 8.84. The molecule has 6 rings (SSSR count). The number of allylic oxidation sites excluding steroid dienone is 1. The highest BCUT2D eigenvalue weighted by Gasteiger charge is 2.19. The predicted octanol–water partition coefficient (Wildman–Crippen LogP) is 2.72. The van der Waals surface area contributed by atoms with Gasteiger partial charge < -0.3 is 20.0 Å². The van der Waals surface area contributed by atoms with E-state index >= 15 is 0 Å². The molecule has 0 saturated carbocycles. The van der Waals surface area contributed by atoms with Gasteiger partial charge in [-0.15, -0.1) is 0 Å². The number of aromatic nitrogens is 4. The summed E-state index contributed by atoms with van der Waals surface area (Å²) in [5.74, 6) is 1.02. The lowest BCUT2D eigenvalue weighted by molar-refractivity contribution is -0.113. The van der Waals surface area contributed by atoms with Crippen molar-refractivity contribution in [2.75, 3.05) is 36.4 Å². The van der Waals surface area contributed by atoms with Crippen molar-refractivity contribution in [2.24, 2.45) is 0 Å². The lowest BCUT2D eigenvalue weighted by Gasteiger charge is -2.27. The molecule has 4 aromatic heterocycles. The van der Waals surface area contributed by atoms with Gasteiger partial charge in [-0.05, 0) is 25.1 Å². The van der Waals surface area contributed by atoms with Crippen LogP contribution in [0.15, 0.2) is 57.8 Å². The molecule has 36 heavy (non-hydrogen) atoms. The van der Waals surface area contributed by atoms with E-state index < -0.39 is 0 Å². The van der Waals surface area contributed by atoms with Gasteiger partial charge in [-0.25, -0.2) is 15.0 Å². The van der Waals surface area contributed by atoms with E-state index in [-0.39, 0.29) is 11.2 Å². The first-order chi connectivity index (χ1) is 17.5. The minimum atomic E-state index is -0.166. The maximum atomic E-state index is 12.7. The van der Waals surface area contributed by atoms with Gasteiger partial charge in [0.05, 0.1) is 17.6 Å². The molecule has 0 amide bonds. The van der Waals surface area contributed by atoms with E-state index in [9.17, 15) is 9.59 Å². The Hall–Kier alpha value is -4.44. The first-order valence-electron chi connectivity index (χ1n) is 11.7. The average molecular weight is 482 g/mol. The third-order valence-electron chi connectivity index (χ3n) is 6.35. The molecule has 1 aliphatic carbocycles. The van der Waals surface area contributed by atoms with Crippen molar-refractivity contribution < 1.29 is 9.21 Å². The summed E-state index contributed by atoms with van der Waals surface area (Å²) in [6.45, 7) is 4.79. The number of carbonyl (C=O) groups is 1. The molecular weight excluding hydrogens is 458 g/mol. The third kappa shape index (κ3) is 4.22. The monoisotopic (exact) mass is 481 g/mol. The minimum absolute atomic E-state index is 0.0410. The van der Waals surface area contributed by atoms with Gasteiger partial charge in [0.1, 0.15) is 0 Å². The van der Waals surface area contributed by atoms with Crippen LogP contribution in [0.25, 0.3) is 28.3 Å². The zero-order valence-corrected chi connectivity index (χ0v) is 19.6. The molecule has 1 fully saturated rings. The summed E-state index contributed by atoms with van der Waals surface area (Å²) in [7, 11) is 0. The van der Waals surface area contributed by atoms with Crippen LogP contribution in [0.1, 0.15) is 18.2 Å². The summed E-state index contributed by atoms with van der Waals surface area (Å²) in [5.41, 5.74) is 5.23. The van der Waals surface area contributed by atoms with Crippen LogP contribution >= 0.6 is 0 Å². The third-order valence-corrected chi connectivity index (χ3v) is 6.35. The summed E-state index contributed by atoms with van der Waals surface area (Å²) >= 11 is 0. The number of carbonyl (C=O) groups excluding carboxylic acids is 1. The highest BCUT2D eigenvalue weighted by molar-refractivity contribution is 6.00. The SMILES string of the molecule is CC(=O)C1=Cc2cnc(Nc3cncc(-c4cnc5c(=O)cc(N6CCNCC6)oc5c4)c3)nc2C1. The van der Waals surface area contributed by atoms with Gasteiger partial charge in [-0.3, -0.25) is 14.6 Å². The minimum Gasteiger partial charge on any atom is -0.439 e. The Balaban J connectivity index is 1.27. The molecule has 0 atom stereocenters. The van der Waals surface area contributed by atoms with E-state index in [1.165, 1.54) is 6.07 Å². The second kappa shape index (κ2) is 8.97. The molecule has 0 unspecified atom stereocenters. The lowest BCUT2D eigenvalue weighted by atomic mass is 10.1. The Morgan fingerprint density at radius 3 is 2.72 bits per heavy atom. The van der Waals surface area contributed by atoms with Crippen LogP contribution in [-0.2, 0) is 11.2 Å². The van der Waals surface area contributed by atoms with E-state index in [1.807, 2.05) is 18.2 Å². The van der Waals surface area contributed by atoms with Gasteiger partial charge >= 0.3 is 0 Å². The first-order valence-corrected chi connectivity index (χ1v) is 11.7. The normalized spacial score (nSPS) is 15.0. The van der Waals surface area contributed by atoms with E-state index in [0.29, 0.717) is 35.0 Å². The molecule has 2 N–H and O–H groups in total. The Morgan fingerprint density at radius 1 is 1.06 bits per heavy atom. The molecule has 4 aromatic rings. The van der Waals surface area contributed by atoms with E-state index in [0.717, 1.165) is 54.1 Å². The standard InChI is InChI=1S/C26H23N7O3/c1-15(34)16-6-19-13-30-26(32-21(19)8-16)31-20-7-17(11-28-14-20)18-9-23-25(29-12-18)22(35)10-24(36-23)33-4-2-27-3-5-33/h6-7,9-14,27H,2-5,8H2,1H3,(H,30,31,32). The van der Waals surface area contributed by atoms with E-state index in [2.05, 4.69) is 35.5 Å². The van der Waals surface area contributed by atoms with Crippen molar-refractivity contribution in [3.8, 4) is 11.1 Å². The van der Waals surface area contributed by atoms with Gasteiger partial charge in [-0.1, -0.05) is 0 Å². The Kier molecular flexibility index (Phi) is 5.49. The predicted molar refractivity (Wildman–Crippen MR) is 136 cm³/mol. The van der Waals surface area contributed by atoms with Crippen molar-refractivity contribution in [1.29, 1.82) is 0 Å². The van der Waals surface area contributed by atoms with Crippen LogP contribution in [0.2, 0.25) is 0 Å². The summed E-state index contributed by atoms with van der Waals surface area (Å²) in [6.07, 6.45) is 9.09. The van der Waals surface area contributed by atoms with Crippen molar-refractivity contribution in [3.05, 3.63) is 70.0 Å². The van der Waals surface area contributed by atoms with Crippen LogP contribution in [0.5, 0.6) is 0 Å². The summed E-state index contributed by atoms with van der Waals surface area (Å²) in [5, 5.41) is 6.48. The number of ketones is 1. The van der Waals surface area contributed by atoms with Crippen LogP contribution in [0, 0.1) is 0 Å². The van der Waals surface area contributed by atoms with Crippen LogP contribution in [0.4, 0.5) is 17.5 Å². The quantitative estimate of drug-likeness (QED) is 0.439. The molecule has 180 valence electrons. The molecule has 1 saturated heterocycles. The van der Waals surface area contributed by atoms with Crippen LogP contribution in [-0.4, -0.2) is 51.9 Å². The maximum absolute atomic E-state index is 12.7. The van der Waals surface area contributed by atoms with E-state index in [4.69, 9.17) is 4.42 Å². The second-order valence-electron chi connectivity index (χ2n) is 8.84. The fourth-order valence-corrected chi connectivity index (χ4v) is 4.42. The van der Waals surface area contributed by atoms with Gasteiger partial charge in [0, 0.05) is 79.5 Å². The fraction of sp³-hybridized carbons (Fsp3) is 0.231. The van der Waals surface area contributed by atoms with Crippen molar-refractivity contribution in [3.63, 3.8) is 0 Å². The van der Waals surface area contributed by atoms with Gasteiger partial charge in [0.15, 0.2) is 22.8 Å². The van der Waals surface area contributed by atoms with E-state index in [1.54, 1.807) is 31.7 Å². The molecule has 10 heteroatoms. The highest BCUT2D eigenvalue weighted by atomic mass is 16.4. The maximum Gasteiger partial charge on any atom is 0.227 e. The van der Waals surface area contributed by atoms with Gasteiger partial charge in [-0.2, -0.15) is 0 Å². The number of pyridine rings is 2. The first kappa shape index (κ1) is 22.1. The number of rotatable bonds is 5. The van der Waals surface area contributed by atoms with Crippen LogP contribution in [0.3, 0.4) is 0 Å². The zero-order chi connectivity index (χ0) is 24.6. The number of anilines is 3. The Bertz CT molecular complexity index is 1590. The molecular formula is C26H23N7O3. The fourth-order valence-electron chi connectivity index (χ4n) is 4.42. The Morgan fingerprint density at radius 2 is 1.89 bits per heavy atom. The molecule has 2 aliphatic rings. The van der Waals surface area contributed by atoms with Gasteiger partial charge in [0.2, 0.25) is 11.4 Å². The van der Waals surface area contributed by atoms with Gasteiger partial charge in [0.25, 0.3) is 0 Å². The zero-order valence-electron chi connectivity index (χ0n) is 19.6. The summed E-state index contributed by atoms with van der Waals surface area (Å²) in [4.78, 5) is 44.1. The highest BCUT2D eigenvalue weighted by Crippen LogP contribution is 2.28. The number of Topliss-reactive ketones (excluding diaryl/α,β-unsaturated/α-hetero) is 1. The van der Waals surface area contributed by atoms with Crippen molar-refractivity contribution in [2.45, 2.75) is 13.3 Å². The molecule has 0 aromatic carbocycles. The number of hydrogen-bond donors (Lipinski definition) is 2. The average Bonchev–Trinajstić information content (AvgIpc) is 3.33. The number of nitrogens with zero attached hydrogens (tertiary/aromatic N) is 5. The molecule has 1 aliphatic heterocycles. The topological polar surface area (TPSA) is 126 Å².